The zero-order valence-electron chi connectivity index (χ0n) is 13.0. The number of hydrogen-bond acceptors (Lipinski definition) is 4. The van der Waals surface area contributed by atoms with Crippen LogP contribution in [0.1, 0.15) is 26.3 Å². The quantitative estimate of drug-likeness (QED) is 0.796. The van der Waals surface area contributed by atoms with Crippen molar-refractivity contribution >= 4 is 17.7 Å². The SMILES string of the molecule is CC(C)(C)OC(=O)N1CCN(c2ccc(C#N)cc2)C(=O)C1. The van der Waals surface area contributed by atoms with Gasteiger partial charge in [0.1, 0.15) is 12.1 Å². The Hall–Kier alpha value is -2.55. The summed E-state index contributed by atoms with van der Waals surface area (Å²) in [5, 5.41) is 8.79. The minimum Gasteiger partial charge on any atom is -0.444 e. The first kappa shape index (κ1) is 15.8. The molecule has 0 radical (unpaired) electrons. The van der Waals surface area contributed by atoms with Gasteiger partial charge in [-0.25, -0.2) is 4.79 Å². The number of carbonyl (C=O) groups is 2. The zero-order chi connectivity index (χ0) is 16.3. The lowest BCUT2D eigenvalue weighted by Crippen LogP contribution is -2.53. The Morgan fingerprint density at radius 2 is 1.86 bits per heavy atom. The molecule has 0 N–H and O–H groups in total. The third kappa shape index (κ3) is 3.76. The molecule has 6 heteroatoms. The van der Waals surface area contributed by atoms with Crippen molar-refractivity contribution in [2.75, 3.05) is 24.5 Å². The highest BCUT2D eigenvalue weighted by Crippen LogP contribution is 2.19. The molecule has 2 rings (SSSR count). The lowest BCUT2D eigenvalue weighted by molar-refractivity contribution is -0.121. The molecule has 1 aliphatic rings. The molecule has 0 aliphatic carbocycles. The second-order valence-corrected chi connectivity index (χ2v) is 6.11. The lowest BCUT2D eigenvalue weighted by atomic mass is 10.2. The van der Waals surface area contributed by atoms with Crippen LogP contribution in [0.4, 0.5) is 10.5 Å². The minimum absolute atomic E-state index is 0.00504. The average Bonchev–Trinajstić information content (AvgIpc) is 2.45. The average molecular weight is 301 g/mol. The molecule has 2 amide bonds. The largest absolute Gasteiger partial charge is 0.444 e. The Labute approximate surface area is 129 Å². The zero-order valence-corrected chi connectivity index (χ0v) is 13.0. The Kier molecular flexibility index (Phi) is 4.36. The van der Waals surface area contributed by atoms with Gasteiger partial charge in [0.25, 0.3) is 0 Å². The van der Waals surface area contributed by atoms with E-state index in [0.717, 1.165) is 5.69 Å². The van der Waals surface area contributed by atoms with E-state index in [1.165, 1.54) is 4.90 Å². The molecule has 0 saturated carbocycles. The van der Waals surface area contributed by atoms with Crippen LogP contribution in [0.2, 0.25) is 0 Å². The molecule has 1 saturated heterocycles. The summed E-state index contributed by atoms with van der Waals surface area (Å²) in [4.78, 5) is 27.2. The number of hydrogen-bond donors (Lipinski definition) is 0. The molecule has 0 bridgehead atoms. The predicted octanol–water partition coefficient (Wildman–Crippen LogP) is 2.14. The second-order valence-electron chi connectivity index (χ2n) is 6.11. The van der Waals surface area contributed by atoms with Gasteiger partial charge >= 0.3 is 6.09 Å². The van der Waals surface area contributed by atoms with Gasteiger partial charge in [0.05, 0.1) is 11.6 Å². The van der Waals surface area contributed by atoms with Crippen LogP contribution in [-0.2, 0) is 9.53 Å². The molecule has 6 nitrogen and oxygen atoms in total. The van der Waals surface area contributed by atoms with Gasteiger partial charge in [0.2, 0.25) is 5.91 Å². The standard InChI is InChI=1S/C16H19N3O3/c1-16(2,3)22-15(21)18-8-9-19(14(20)11-18)13-6-4-12(10-17)5-7-13/h4-7H,8-9,11H2,1-3H3. The van der Waals surface area contributed by atoms with E-state index in [2.05, 4.69) is 0 Å². The minimum atomic E-state index is -0.579. The Bertz CT molecular complexity index is 611. The van der Waals surface area contributed by atoms with Crippen LogP contribution in [0, 0.1) is 11.3 Å². The van der Waals surface area contributed by atoms with Crippen molar-refractivity contribution in [3.8, 4) is 6.07 Å². The molecular formula is C16H19N3O3. The molecule has 116 valence electrons. The van der Waals surface area contributed by atoms with E-state index in [0.29, 0.717) is 18.7 Å². The molecule has 1 aliphatic heterocycles. The van der Waals surface area contributed by atoms with Crippen molar-refractivity contribution in [1.82, 2.24) is 4.90 Å². The van der Waals surface area contributed by atoms with Crippen LogP contribution >= 0.6 is 0 Å². The third-order valence-electron chi connectivity index (χ3n) is 3.18. The first-order chi connectivity index (χ1) is 10.3. The van der Waals surface area contributed by atoms with E-state index in [-0.39, 0.29) is 12.5 Å². The van der Waals surface area contributed by atoms with Crippen LogP contribution in [-0.4, -0.2) is 42.1 Å². The summed E-state index contributed by atoms with van der Waals surface area (Å²) < 4.78 is 5.28. The molecule has 1 heterocycles. The van der Waals surface area contributed by atoms with Crippen LogP contribution in [0.5, 0.6) is 0 Å². The van der Waals surface area contributed by atoms with E-state index in [4.69, 9.17) is 10.00 Å². The first-order valence-electron chi connectivity index (χ1n) is 7.08. The van der Waals surface area contributed by atoms with Gasteiger partial charge in [-0.05, 0) is 45.0 Å². The Balaban J connectivity index is 2.02. The number of anilines is 1. The maximum atomic E-state index is 12.2. The molecule has 1 aromatic carbocycles. The number of ether oxygens (including phenoxy) is 1. The molecule has 22 heavy (non-hydrogen) atoms. The van der Waals surface area contributed by atoms with E-state index >= 15 is 0 Å². The van der Waals surface area contributed by atoms with Gasteiger partial charge in [-0.1, -0.05) is 0 Å². The lowest BCUT2D eigenvalue weighted by Gasteiger charge is -2.35. The van der Waals surface area contributed by atoms with Crippen LogP contribution in [0.25, 0.3) is 0 Å². The van der Waals surface area contributed by atoms with Gasteiger partial charge in [0, 0.05) is 18.8 Å². The number of nitrogens with zero attached hydrogens (tertiary/aromatic N) is 3. The molecular weight excluding hydrogens is 282 g/mol. The summed E-state index contributed by atoms with van der Waals surface area (Å²) in [6.07, 6.45) is -0.472. The maximum absolute atomic E-state index is 12.2. The topological polar surface area (TPSA) is 73.6 Å². The number of piperazine rings is 1. The molecule has 0 atom stereocenters. The van der Waals surface area contributed by atoms with Gasteiger partial charge in [-0.15, -0.1) is 0 Å². The molecule has 0 unspecified atom stereocenters. The van der Waals surface area contributed by atoms with E-state index < -0.39 is 11.7 Å². The number of rotatable bonds is 1. The molecule has 1 aromatic rings. The molecule has 0 aromatic heterocycles. The molecule has 1 fully saturated rings. The van der Waals surface area contributed by atoms with Crippen molar-refractivity contribution in [3.63, 3.8) is 0 Å². The first-order valence-corrected chi connectivity index (χ1v) is 7.08. The summed E-state index contributed by atoms with van der Waals surface area (Å²) in [6.45, 7) is 6.19. The number of nitriles is 1. The van der Waals surface area contributed by atoms with Crippen molar-refractivity contribution in [1.29, 1.82) is 5.26 Å². The fourth-order valence-corrected chi connectivity index (χ4v) is 2.14. The molecule has 0 spiro atoms. The highest BCUT2D eigenvalue weighted by atomic mass is 16.6. The van der Waals surface area contributed by atoms with Gasteiger partial charge in [-0.2, -0.15) is 5.26 Å². The van der Waals surface area contributed by atoms with E-state index in [1.54, 1.807) is 49.9 Å². The number of benzene rings is 1. The number of amides is 2. The van der Waals surface area contributed by atoms with Gasteiger partial charge < -0.3 is 9.64 Å². The van der Waals surface area contributed by atoms with Crippen LogP contribution in [0.15, 0.2) is 24.3 Å². The maximum Gasteiger partial charge on any atom is 0.410 e. The second kappa shape index (κ2) is 6.06. The summed E-state index contributed by atoms with van der Waals surface area (Å²) in [5.41, 5.74) is 0.695. The van der Waals surface area contributed by atoms with Crippen molar-refractivity contribution in [2.24, 2.45) is 0 Å². The number of carbonyl (C=O) groups excluding carboxylic acids is 2. The van der Waals surface area contributed by atoms with Gasteiger partial charge in [0.15, 0.2) is 0 Å². The van der Waals surface area contributed by atoms with E-state index in [1.807, 2.05) is 6.07 Å². The van der Waals surface area contributed by atoms with E-state index in [9.17, 15) is 9.59 Å². The predicted molar refractivity (Wildman–Crippen MR) is 81.3 cm³/mol. The summed E-state index contributed by atoms with van der Waals surface area (Å²) in [6, 6.07) is 8.85. The third-order valence-corrected chi connectivity index (χ3v) is 3.18. The Morgan fingerprint density at radius 3 is 2.36 bits per heavy atom. The van der Waals surface area contributed by atoms with Crippen molar-refractivity contribution in [3.05, 3.63) is 29.8 Å². The van der Waals surface area contributed by atoms with Gasteiger partial charge in [-0.3, -0.25) is 9.69 Å². The van der Waals surface area contributed by atoms with Crippen LogP contribution in [0.3, 0.4) is 0 Å². The summed E-state index contributed by atoms with van der Waals surface area (Å²) in [5.74, 6) is -0.165. The summed E-state index contributed by atoms with van der Waals surface area (Å²) in [7, 11) is 0. The van der Waals surface area contributed by atoms with Crippen LogP contribution < -0.4 is 4.90 Å². The van der Waals surface area contributed by atoms with Crippen molar-refractivity contribution in [2.45, 2.75) is 26.4 Å². The summed E-state index contributed by atoms with van der Waals surface area (Å²) >= 11 is 0. The normalized spacial score (nSPS) is 15.5. The Morgan fingerprint density at radius 1 is 1.23 bits per heavy atom. The monoisotopic (exact) mass is 301 g/mol. The highest BCUT2D eigenvalue weighted by molar-refractivity contribution is 5.97. The smallest absolute Gasteiger partial charge is 0.410 e. The van der Waals surface area contributed by atoms with Crippen molar-refractivity contribution < 1.29 is 14.3 Å². The highest BCUT2D eigenvalue weighted by Gasteiger charge is 2.30. The fourth-order valence-electron chi connectivity index (χ4n) is 2.14. The fraction of sp³-hybridized carbons (Fsp3) is 0.438.